The van der Waals surface area contributed by atoms with Gasteiger partial charge in [-0.1, -0.05) is 6.07 Å². The van der Waals surface area contributed by atoms with Crippen molar-refractivity contribution in [2.75, 3.05) is 20.3 Å². The van der Waals surface area contributed by atoms with Crippen LogP contribution in [0.5, 0.6) is 11.5 Å². The summed E-state index contributed by atoms with van der Waals surface area (Å²) in [6.07, 6.45) is 0.582. The Morgan fingerprint density at radius 3 is 2.86 bits per heavy atom. The van der Waals surface area contributed by atoms with Crippen LogP contribution in [0.4, 0.5) is 0 Å². The molecule has 1 rings (SSSR count). The Kier molecular flexibility index (Phi) is 3.94. The zero-order valence-electron chi connectivity index (χ0n) is 7.90. The SMILES string of the molecule is COCCOc1cccc(C=O)c1O. The molecule has 1 N–H and O–H groups in total. The Morgan fingerprint density at radius 2 is 2.21 bits per heavy atom. The quantitative estimate of drug-likeness (QED) is 0.568. The molecule has 4 nitrogen and oxygen atoms in total. The second-order valence-electron chi connectivity index (χ2n) is 2.65. The molecule has 0 bridgehead atoms. The first kappa shape index (κ1) is 10.5. The molecule has 0 aliphatic rings. The van der Waals surface area contributed by atoms with Crippen molar-refractivity contribution in [2.24, 2.45) is 0 Å². The van der Waals surface area contributed by atoms with Crippen molar-refractivity contribution in [3.63, 3.8) is 0 Å². The zero-order chi connectivity index (χ0) is 10.4. The lowest BCUT2D eigenvalue weighted by Gasteiger charge is -2.07. The first-order chi connectivity index (χ1) is 6.79. The zero-order valence-corrected chi connectivity index (χ0v) is 7.90. The fourth-order valence-corrected chi connectivity index (χ4v) is 0.986. The summed E-state index contributed by atoms with van der Waals surface area (Å²) in [4.78, 5) is 10.5. The van der Waals surface area contributed by atoms with Gasteiger partial charge in [0.15, 0.2) is 17.8 Å². The van der Waals surface area contributed by atoms with Crippen LogP contribution >= 0.6 is 0 Å². The van der Waals surface area contributed by atoms with Crippen molar-refractivity contribution in [1.82, 2.24) is 0 Å². The van der Waals surface area contributed by atoms with Gasteiger partial charge in [0.1, 0.15) is 6.61 Å². The monoisotopic (exact) mass is 196 g/mol. The van der Waals surface area contributed by atoms with Crippen LogP contribution < -0.4 is 4.74 Å². The first-order valence-electron chi connectivity index (χ1n) is 4.18. The summed E-state index contributed by atoms with van der Waals surface area (Å²) < 4.78 is 9.97. The van der Waals surface area contributed by atoms with E-state index in [1.165, 1.54) is 6.07 Å². The van der Waals surface area contributed by atoms with E-state index in [9.17, 15) is 9.90 Å². The summed E-state index contributed by atoms with van der Waals surface area (Å²) in [5.41, 5.74) is 0.222. The molecule has 0 fully saturated rings. The summed E-state index contributed by atoms with van der Waals surface area (Å²) in [5, 5.41) is 9.49. The highest BCUT2D eigenvalue weighted by atomic mass is 16.5. The average Bonchev–Trinajstić information content (AvgIpc) is 2.21. The van der Waals surface area contributed by atoms with Crippen LogP contribution in [0.1, 0.15) is 10.4 Å². The van der Waals surface area contributed by atoms with Crippen molar-refractivity contribution in [2.45, 2.75) is 0 Å². The number of rotatable bonds is 5. The van der Waals surface area contributed by atoms with E-state index in [0.29, 0.717) is 25.2 Å². The largest absolute Gasteiger partial charge is 0.504 e. The van der Waals surface area contributed by atoms with E-state index in [0.717, 1.165) is 0 Å². The highest BCUT2D eigenvalue weighted by molar-refractivity contribution is 5.80. The lowest BCUT2D eigenvalue weighted by atomic mass is 10.2. The molecule has 0 aliphatic heterocycles. The standard InChI is InChI=1S/C10H12O4/c1-13-5-6-14-9-4-2-3-8(7-11)10(9)12/h2-4,7,12H,5-6H2,1H3. The normalized spacial score (nSPS) is 9.79. The topological polar surface area (TPSA) is 55.8 Å². The molecular weight excluding hydrogens is 184 g/mol. The molecule has 0 amide bonds. The van der Waals surface area contributed by atoms with Gasteiger partial charge in [-0.2, -0.15) is 0 Å². The first-order valence-corrected chi connectivity index (χ1v) is 4.18. The maximum Gasteiger partial charge on any atom is 0.168 e. The number of carbonyl (C=O) groups is 1. The highest BCUT2D eigenvalue weighted by Gasteiger charge is 2.06. The molecule has 0 radical (unpaired) electrons. The van der Waals surface area contributed by atoms with Crippen molar-refractivity contribution < 1.29 is 19.4 Å². The molecule has 1 aromatic rings. The smallest absolute Gasteiger partial charge is 0.168 e. The lowest BCUT2D eigenvalue weighted by Crippen LogP contribution is -2.04. The van der Waals surface area contributed by atoms with Gasteiger partial charge >= 0.3 is 0 Å². The van der Waals surface area contributed by atoms with Crippen molar-refractivity contribution >= 4 is 6.29 Å². The number of hydrogen-bond donors (Lipinski definition) is 1. The minimum Gasteiger partial charge on any atom is -0.504 e. The van der Waals surface area contributed by atoms with Crippen molar-refractivity contribution in [1.29, 1.82) is 0 Å². The molecule has 0 spiro atoms. The molecule has 0 heterocycles. The predicted molar refractivity (Wildman–Crippen MR) is 50.9 cm³/mol. The van der Waals surface area contributed by atoms with Crippen molar-refractivity contribution in [3.05, 3.63) is 23.8 Å². The van der Waals surface area contributed by atoms with E-state index in [1.54, 1.807) is 19.2 Å². The van der Waals surface area contributed by atoms with Crippen LogP contribution in [0.2, 0.25) is 0 Å². The Labute approximate surface area is 82.1 Å². The molecule has 0 aromatic heterocycles. The summed E-state index contributed by atoms with van der Waals surface area (Å²) >= 11 is 0. The summed E-state index contributed by atoms with van der Waals surface area (Å²) in [5.74, 6) is 0.172. The highest BCUT2D eigenvalue weighted by Crippen LogP contribution is 2.28. The van der Waals surface area contributed by atoms with Gasteiger partial charge in [0.05, 0.1) is 12.2 Å². The number of aromatic hydroxyl groups is 1. The van der Waals surface area contributed by atoms with Crippen LogP contribution in [0.25, 0.3) is 0 Å². The third-order valence-corrected chi connectivity index (χ3v) is 1.70. The Balaban J connectivity index is 2.71. The number of phenols is 1. The number of benzene rings is 1. The third-order valence-electron chi connectivity index (χ3n) is 1.70. The third kappa shape index (κ3) is 2.47. The van der Waals surface area contributed by atoms with E-state index < -0.39 is 0 Å². The summed E-state index contributed by atoms with van der Waals surface area (Å²) in [6.45, 7) is 0.775. The minimum atomic E-state index is -0.126. The molecule has 0 unspecified atom stereocenters. The molecule has 0 aliphatic carbocycles. The molecule has 14 heavy (non-hydrogen) atoms. The van der Waals surface area contributed by atoms with E-state index in [1.807, 2.05) is 0 Å². The number of hydrogen-bond acceptors (Lipinski definition) is 4. The van der Waals surface area contributed by atoms with Gasteiger partial charge in [-0.05, 0) is 12.1 Å². The van der Waals surface area contributed by atoms with Gasteiger partial charge in [-0.3, -0.25) is 4.79 Å². The van der Waals surface area contributed by atoms with Gasteiger partial charge in [0.25, 0.3) is 0 Å². The van der Waals surface area contributed by atoms with Crippen LogP contribution in [-0.2, 0) is 4.74 Å². The average molecular weight is 196 g/mol. The Morgan fingerprint density at radius 1 is 1.43 bits per heavy atom. The predicted octanol–water partition coefficient (Wildman–Crippen LogP) is 1.23. The van der Waals surface area contributed by atoms with Crippen LogP contribution in [0, 0.1) is 0 Å². The molecule has 4 heteroatoms. The van der Waals surface area contributed by atoms with Crippen LogP contribution in [-0.4, -0.2) is 31.7 Å². The fraction of sp³-hybridized carbons (Fsp3) is 0.300. The fourth-order valence-electron chi connectivity index (χ4n) is 0.986. The van der Waals surface area contributed by atoms with Crippen LogP contribution in [0.15, 0.2) is 18.2 Å². The number of methoxy groups -OCH3 is 1. The van der Waals surface area contributed by atoms with E-state index in [2.05, 4.69) is 0 Å². The molecule has 1 aromatic carbocycles. The molecular formula is C10H12O4. The van der Waals surface area contributed by atoms with E-state index in [4.69, 9.17) is 9.47 Å². The molecule has 0 atom stereocenters. The van der Waals surface area contributed by atoms with Gasteiger partial charge in [-0.25, -0.2) is 0 Å². The summed E-state index contributed by atoms with van der Waals surface area (Å²) in [6, 6.07) is 4.76. The Bertz CT molecular complexity index is 309. The number of ether oxygens (including phenoxy) is 2. The number of phenolic OH excluding ortho intramolecular Hbond substituents is 1. The number of carbonyl (C=O) groups excluding carboxylic acids is 1. The molecule has 0 saturated heterocycles. The van der Waals surface area contributed by atoms with E-state index in [-0.39, 0.29) is 11.3 Å². The van der Waals surface area contributed by atoms with Gasteiger partial charge in [0, 0.05) is 7.11 Å². The number of para-hydroxylation sites is 1. The van der Waals surface area contributed by atoms with Gasteiger partial charge in [-0.15, -0.1) is 0 Å². The summed E-state index contributed by atoms with van der Waals surface area (Å²) in [7, 11) is 1.56. The van der Waals surface area contributed by atoms with Gasteiger partial charge < -0.3 is 14.6 Å². The maximum atomic E-state index is 10.5. The van der Waals surface area contributed by atoms with Gasteiger partial charge in [0.2, 0.25) is 0 Å². The second-order valence-corrected chi connectivity index (χ2v) is 2.65. The molecule has 76 valence electrons. The second kappa shape index (κ2) is 5.24. The van der Waals surface area contributed by atoms with Crippen molar-refractivity contribution in [3.8, 4) is 11.5 Å². The maximum absolute atomic E-state index is 10.5. The van der Waals surface area contributed by atoms with E-state index >= 15 is 0 Å². The Hall–Kier alpha value is -1.55. The number of aldehydes is 1. The lowest BCUT2D eigenvalue weighted by molar-refractivity contribution is 0.111. The molecule has 0 saturated carbocycles. The van der Waals surface area contributed by atoms with Crippen LogP contribution in [0.3, 0.4) is 0 Å². The minimum absolute atomic E-state index is 0.126.